The van der Waals surface area contributed by atoms with Gasteiger partial charge in [-0.25, -0.2) is 4.39 Å². The third-order valence-corrected chi connectivity index (χ3v) is 5.34. The highest BCUT2D eigenvalue weighted by Gasteiger charge is 2.22. The zero-order chi connectivity index (χ0) is 18.1. The van der Waals surface area contributed by atoms with E-state index in [1.54, 1.807) is 0 Å². The molecular formula is C22H24FN3. The summed E-state index contributed by atoms with van der Waals surface area (Å²) < 4.78 is 13.4. The molecule has 0 aliphatic carbocycles. The van der Waals surface area contributed by atoms with Crippen LogP contribution in [0.5, 0.6) is 0 Å². The quantitative estimate of drug-likeness (QED) is 0.721. The van der Waals surface area contributed by atoms with Crippen molar-refractivity contribution in [3.8, 4) is 22.4 Å². The maximum absolute atomic E-state index is 13.4. The minimum atomic E-state index is -0.211. The second kappa shape index (κ2) is 7.04. The lowest BCUT2D eigenvalue weighted by Crippen LogP contribution is -2.29. The molecule has 2 aromatic heterocycles. The van der Waals surface area contributed by atoms with Crippen molar-refractivity contribution in [3.63, 3.8) is 0 Å². The number of halogens is 1. The van der Waals surface area contributed by atoms with Crippen LogP contribution in [0.15, 0.2) is 48.7 Å². The molecule has 3 aromatic rings. The van der Waals surface area contributed by atoms with Crippen LogP contribution in [0, 0.1) is 12.7 Å². The topological polar surface area (TPSA) is 31.9 Å². The molecule has 1 N–H and O–H groups in total. The van der Waals surface area contributed by atoms with E-state index in [-0.39, 0.29) is 5.82 Å². The molecule has 134 valence electrons. The summed E-state index contributed by atoms with van der Waals surface area (Å²) in [5.41, 5.74) is 6.65. The van der Waals surface area contributed by atoms with Gasteiger partial charge in [-0.1, -0.05) is 0 Å². The lowest BCUT2D eigenvalue weighted by molar-refractivity contribution is 0.253. The maximum atomic E-state index is 13.4. The minimum Gasteiger partial charge on any atom is -0.358 e. The van der Waals surface area contributed by atoms with Crippen LogP contribution in [0.4, 0.5) is 4.39 Å². The number of aromatic amines is 1. The van der Waals surface area contributed by atoms with E-state index in [0.717, 1.165) is 54.0 Å². The molecule has 1 aromatic carbocycles. The van der Waals surface area contributed by atoms with Gasteiger partial charge in [0.05, 0.1) is 5.69 Å². The van der Waals surface area contributed by atoms with Crippen molar-refractivity contribution in [2.75, 3.05) is 20.1 Å². The Kier molecular flexibility index (Phi) is 4.60. The second-order valence-corrected chi connectivity index (χ2v) is 7.28. The van der Waals surface area contributed by atoms with Crippen molar-refractivity contribution >= 4 is 0 Å². The molecule has 1 aliphatic heterocycles. The number of aryl methyl sites for hydroxylation is 1. The van der Waals surface area contributed by atoms with Gasteiger partial charge in [0.25, 0.3) is 0 Å². The number of hydrogen-bond acceptors (Lipinski definition) is 2. The summed E-state index contributed by atoms with van der Waals surface area (Å²) in [6.45, 7) is 4.25. The lowest BCUT2D eigenvalue weighted by Gasteiger charge is -2.28. The van der Waals surface area contributed by atoms with Crippen LogP contribution in [0.2, 0.25) is 0 Å². The number of aromatic nitrogens is 2. The van der Waals surface area contributed by atoms with Crippen molar-refractivity contribution in [3.05, 3.63) is 65.9 Å². The molecule has 4 heteroatoms. The van der Waals surface area contributed by atoms with Gasteiger partial charge in [-0.15, -0.1) is 0 Å². The number of piperidine rings is 1. The van der Waals surface area contributed by atoms with Crippen LogP contribution in [0.25, 0.3) is 22.4 Å². The number of H-pyrrole nitrogens is 1. The molecule has 0 amide bonds. The first-order valence-electron chi connectivity index (χ1n) is 9.20. The summed E-state index contributed by atoms with van der Waals surface area (Å²) in [5, 5.41) is 0. The number of nitrogens with zero attached hydrogens (tertiary/aromatic N) is 2. The Morgan fingerprint density at radius 3 is 2.46 bits per heavy atom. The van der Waals surface area contributed by atoms with E-state index in [4.69, 9.17) is 0 Å². The van der Waals surface area contributed by atoms with E-state index in [0.29, 0.717) is 5.92 Å². The first-order valence-corrected chi connectivity index (χ1v) is 9.20. The van der Waals surface area contributed by atoms with Crippen molar-refractivity contribution in [2.45, 2.75) is 25.7 Å². The van der Waals surface area contributed by atoms with E-state index in [1.807, 2.05) is 31.3 Å². The normalized spacial score (nSPS) is 16.1. The van der Waals surface area contributed by atoms with Crippen LogP contribution < -0.4 is 0 Å². The summed E-state index contributed by atoms with van der Waals surface area (Å²) in [4.78, 5) is 10.4. The standard InChI is InChI=1S/C22H24FN3/c1-15-13-18(7-10-24-15)20-14-21(16-8-11-26(2)12-9-16)25-22(20)17-3-5-19(23)6-4-17/h3-7,10,13-14,16,25H,8-9,11-12H2,1-2H3. The Hall–Kier alpha value is -2.46. The number of likely N-dealkylation sites (tertiary alicyclic amines) is 1. The SMILES string of the molecule is Cc1cc(-c2cc(C3CCN(C)CC3)[nH]c2-c2ccc(F)cc2)ccn1. The number of benzene rings is 1. The van der Waals surface area contributed by atoms with Gasteiger partial charge in [-0.3, -0.25) is 4.98 Å². The van der Waals surface area contributed by atoms with Crippen molar-refractivity contribution in [2.24, 2.45) is 0 Å². The zero-order valence-corrected chi connectivity index (χ0v) is 15.3. The lowest BCUT2D eigenvalue weighted by atomic mass is 9.93. The molecular weight excluding hydrogens is 325 g/mol. The molecule has 1 saturated heterocycles. The molecule has 4 rings (SSSR count). The fourth-order valence-corrected chi connectivity index (χ4v) is 3.80. The van der Waals surface area contributed by atoms with E-state index in [9.17, 15) is 4.39 Å². The molecule has 0 bridgehead atoms. The molecule has 0 spiro atoms. The molecule has 0 saturated carbocycles. The Balaban J connectivity index is 1.78. The summed E-state index contributed by atoms with van der Waals surface area (Å²) in [5.74, 6) is 0.333. The number of rotatable bonds is 3. The first kappa shape index (κ1) is 17.0. The molecule has 3 heterocycles. The number of nitrogens with one attached hydrogen (secondary N) is 1. The average Bonchev–Trinajstić information content (AvgIpc) is 3.08. The number of hydrogen-bond donors (Lipinski definition) is 1. The highest BCUT2D eigenvalue weighted by molar-refractivity contribution is 5.82. The van der Waals surface area contributed by atoms with Gasteiger partial charge in [0, 0.05) is 29.1 Å². The van der Waals surface area contributed by atoms with Crippen molar-refractivity contribution in [1.82, 2.24) is 14.9 Å². The predicted molar refractivity (Wildman–Crippen MR) is 104 cm³/mol. The number of pyridine rings is 1. The summed E-state index contributed by atoms with van der Waals surface area (Å²) in [6.07, 6.45) is 4.17. The smallest absolute Gasteiger partial charge is 0.123 e. The van der Waals surface area contributed by atoms with E-state index in [2.05, 4.69) is 34.0 Å². The van der Waals surface area contributed by atoms with Gasteiger partial charge >= 0.3 is 0 Å². The van der Waals surface area contributed by atoms with Gasteiger partial charge < -0.3 is 9.88 Å². The molecule has 0 atom stereocenters. The largest absolute Gasteiger partial charge is 0.358 e. The molecule has 3 nitrogen and oxygen atoms in total. The fraction of sp³-hybridized carbons (Fsp3) is 0.318. The molecule has 1 fully saturated rings. The van der Waals surface area contributed by atoms with Gasteiger partial charge in [0.2, 0.25) is 0 Å². The minimum absolute atomic E-state index is 0.211. The summed E-state index contributed by atoms with van der Waals surface area (Å²) in [7, 11) is 2.18. The Bertz CT molecular complexity index is 890. The predicted octanol–water partition coefficient (Wildman–Crippen LogP) is 5.00. The Labute approximate surface area is 153 Å². The van der Waals surface area contributed by atoms with Crippen LogP contribution in [-0.2, 0) is 0 Å². The van der Waals surface area contributed by atoms with Gasteiger partial charge in [-0.05, 0) is 93.5 Å². The summed E-state index contributed by atoms with van der Waals surface area (Å²) in [6, 6.07) is 13.2. The van der Waals surface area contributed by atoms with E-state index >= 15 is 0 Å². The molecule has 0 unspecified atom stereocenters. The van der Waals surface area contributed by atoms with E-state index in [1.165, 1.54) is 17.8 Å². The second-order valence-electron chi connectivity index (χ2n) is 7.28. The van der Waals surface area contributed by atoms with Gasteiger partial charge in [-0.2, -0.15) is 0 Å². The van der Waals surface area contributed by atoms with Crippen LogP contribution in [-0.4, -0.2) is 35.0 Å². The van der Waals surface area contributed by atoms with Crippen molar-refractivity contribution in [1.29, 1.82) is 0 Å². The fourth-order valence-electron chi connectivity index (χ4n) is 3.80. The highest BCUT2D eigenvalue weighted by atomic mass is 19.1. The zero-order valence-electron chi connectivity index (χ0n) is 15.3. The maximum Gasteiger partial charge on any atom is 0.123 e. The third kappa shape index (κ3) is 3.42. The highest BCUT2D eigenvalue weighted by Crippen LogP contribution is 2.37. The Morgan fingerprint density at radius 2 is 1.77 bits per heavy atom. The van der Waals surface area contributed by atoms with Gasteiger partial charge in [0.15, 0.2) is 0 Å². The van der Waals surface area contributed by atoms with Crippen molar-refractivity contribution < 1.29 is 4.39 Å². The van der Waals surface area contributed by atoms with Crippen LogP contribution in [0.1, 0.15) is 30.1 Å². The van der Waals surface area contributed by atoms with Crippen LogP contribution in [0.3, 0.4) is 0 Å². The first-order chi connectivity index (χ1) is 12.6. The van der Waals surface area contributed by atoms with E-state index < -0.39 is 0 Å². The third-order valence-electron chi connectivity index (χ3n) is 5.34. The average molecular weight is 349 g/mol. The summed E-state index contributed by atoms with van der Waals surface area (Å²) >= 11 is 0. The van der Waals surface area contributed by atoms with Crippen LogP contribution >= 0.6 is 0 Å². The molecule has 1 aliphatic rings. The molecule has 26 heavy (non-hydrogen) atoms. The molecule has 0 radical (unpaired) electrons. The monoisotopic (exact) mass is 349 g/mol. The Morgan fingerprint density at radius 1 is 1.04 bits per heavy atom. The van der Waals surface area contributed by atoms with Gasteiger partial charge in [0.1, 0.15) is 5.82 Å².